The van der Waals surface area contributed by atoms with E-state index < -0.39 is 11.4 Å². The highest BCUT2D eigenvalue weighted by atomic mass is 16.4. The predicted octanol–water partition coefficient (Wildman–Crippen LogP) is 3.97. The van der Waals surface area contributed by atoms with Gasteiger partial charge in [0.2, 0.25) is 0 Å². The van der Waals surface area contributed by atoms with Gasteiger partial charge in [-0.05, 0) is 43.9 Å². The summed E-state index contributed by atoms with van der Waals surface area (Å²) < 4.78 is 0. The molecule has 0 aromatic heterocycles. The van der Waals surface area contributed by atoms with E-state index >= 15 is 0 Å². The average molecular weight is 281 g/mol. The summed E-state index contributed by atoms with van der Waals surface area (Å²) in [5.41, 5.74) is -0.0809. The molecule has 0 bridgehead atoms. The number of carboxylic acid groups (broad SMARTS) is 1. The molecule has 2 rings (SSSR count). The summed E-state index contributed by atoms with van der Waals surface area (Å²) in [5, 5.41) is 13.2. The molecular formula is C17H31NO2. The lowest BCUT2D eigenvalue weighted by Crippen LogP contribution is -2.49. The smallest absolute Gasteiger partial charge is 0.310 e. The largest absolute Gasteiger partial charge is 0.481 e. The number of nitrogens with one attached hydrogen (secondary N) is 1. The van der Waals surface area contributed by atoms with Crippen LogP contribution in [0.5, 0.6) is 0 Å². The normalized spacial score (nSPS) is 26.0. The lowest BCUT2D eigenvalue weighted by Gasteiger charge is -2.41. The minimum absolute atomic E-state index is 0.490. The van der Waals surface area contributed by atoms with Gasteiger partial charge in [-0.2, -0.15) is 0 Å². The first-order valence-corrected chi connectivity index (χ1v) is 8.55. The Labute approximate surface area is 123 Å². The van der Waals surface area contributed by atoms with Gasteiger partial charge in [-0.25, -0.2) is 0 Å². The molecule has 0 heterocycles. The lowest BCUT2D eigenvalue weighted by atomic mass is 9.70. The van der Waals surface area contributed by atoms with Crippen LogP contribution in [0.2, 0.25) is 0 Å². The van der Waals surface area contributed by atoms with E-state index in [1.807, 2.05) is 13.8 Å². The van der Waals surface area contributed by atoms with Crippen molar-refractivity contribution in [2.75, 3.05) is 6.54 Å². The number of aliphatic carboxylic acids is 1. The third-order valence-electron chi connectivity index (χ3n) is 6.25. The van der Waals surface area contributed by atoms with Crippen molar-refractivity contribution in [3.05, 3.63) is 0 Å². The molecule has 1 spiro atoms. The van der Waals surface area contributed by atoms with Crippen molar-refractivity contribution in [3.63, 3.8) is 0 Å². The van der Waals surface area contributed by atoms with E-state index in [9.17, 15) is 9.90 Å². The van der Waals surface area contributed by atoms with Gasteiger partial charge in [-0.1, -0.05) is 39.5 Å². The number of carboxylic acids is 1. The van der Waals surface area contributed by atoms with Crippen LogP contribution in [0, 0.1) is 10.8 Å². The van der Waals surface area contributed by atoms with E-state index in [0.29, 0.717) is 30.8 Å². The molecule has 0 aliphatic heterocycles. The zero-order chi connectivity index (χ0) is 14.6. The Balaban J connectivity index is 2.00. The number of carbonyl (C=O) groups is 1. The van der Waals surface area contributed by atoms with Gasteiger partial charge in [0.15, 0.2) is 0 Å². The van der Waals surface area contributed by atoms with Gasteiger partial charge in [0.25, 0.3) is 0 Å². The van der Waals surface area contributed by atoms with E-state index in [1.165, 1.54) is 51.4 Å². The maximum Gasteiger partial charge on any atom is 0.310 e. The molecule has 0 aromatic rings. The molecule has 0 radical (unpaired) electrons. The lowest BCUT2D eigenvalue weighted by molar-refractivity contribution is -0.149. The minimum Gasteiger partial charge on any atom is -0.481 e. The van der Waals surface area contributed by atoms with Crippen molar-refractivity contribution in [2.45, 2.75) is 84.1 Å². The maximum atomic E-state index is 11.6. The molecule has 2 aliphatic carbocycles. The van der Waals surface area contributed by atoms with Crippen molar-refractivity contribution >= 4 is 5.97 Å². The Kier molecular flexibility index (Phi) is 5.11. The molecule has 2 N–H and O–H groups in total. The fourth-order valence-electron chi connectivity index (χ4n) is 4.51. The van der Waals surface area contributed by atoms with E-state index in [2.05, 4.69) is 5.32 Å². The van der Waals surface area contributed by atoms with Crippen molar-refractivity contribution in [1.29, 1.82) is 0 Å². The van der Waals surface area contributed by atoms with Crippen molar-refractivity contribution in [3.8, 4) is 0 Å². The maximum absolute atomic E-state index is 11.6. The van der Waals surface area contributed by atoms with Crippen LogP contribution in [0.25, 0.3) is 0 Å². The van der Waals surface area contributed by atoms with E-state index in [4.69, 9.17) is 0 Å². The minimum atomic E-state index is -0.634. The molecule has 2 aliphatic rings. The molecule has 2 saturated carbocycles. The first-order chi connectivity index (χ1) is 9.58. The second-order valence-corrected chi connectivity index (χ2v) is 7.04. The zero-order valence-electron chi connectivity index (χ0n) is 13.2. The van der Waals surface area contributed by atoms with Crippen LogP contribution in [0.1, 0.15) is 78.1 Å². The molecule has 0 saturated heterocycles. The zero-order valence-corrected chi connectivity index (χ0v) is 13.2. The molecule has 3 heteroatoms. The fourth-order valence-corrected chi connectivity index (χ4v) is 4.51. The number of hydrogen-bond donors (Lipinski definition) is 2. The monoisotopic (exact) mass is 281 g/mol. The number of hydrogen-bond acceptors (Lipinski definition) is 2. The number of rotatable bonds is 6. The van der Waals surface area contributed by atoms with Gasteiger partial charge in [-0.3, -0.25) is 4.79 Å². The summed E-state index contributed by atoms with van der Waals surface area (Å²) in [6, 6.07) is 0.555. The van der Waals surface area contributed by atoms with Gasteiger partial charge in [0, 0.05) is 12.6 Å². The molecular weight excluding hydrogens is 250 g/mol. The molecule has 20 heavy (non-hydrogen) atoms. The average Bonchev–Trinajstić information content (AvgIpc) is 2.83. The Morgan fingerprint density at radius 1 is 1.15 bits per heavy atom. The van der Waals surface area contributed by atoms with Crippen LogP contribution in [0.3, 0.4) is 0 Å². The summed E-state index contributed by atoms with van der Waals surface area (Å²) in [4.78, 5) is 11.6. The summed E-state index contributed by atoms with van der Waals surface area (Å²) in [7, 11) is 0. The standard InChI is InChI=1S/C17H31NO2/c1-3-16(4-2,15(19)20)13-18-14-9-8-12-17(14)10-6-5-7-11-17/h14,18H,3-13H2,1-2H3,(H,19,20). The third kappa shape index (κ3) is 2.88. The molecule has 1 unspecified atom stereocenters. The Hall–Kier alpha value is -0.570. The summed E-state index contributed by atoms with van der Waals surface area (Å²) in [6.45, 7) is 4.65. The van der Waals surface area contributed by atoms with Gasteiger partial charge in [0.05, 0.1) is 5.41 Å². The highest BCUT2D eigenvalue weighted by Gasteiger charge is 2.44. The quantitative estimate of drug-likeness (QED) is 0.774. The Bertz CT molecular complexity index is 330. The molecule has 3 nitrogen and oxygen atoms in total. The third-order valence-corrected chi connectivity index (χ3v) is 6.25. The molecule has 2 fully saturated rings. The first kappa shape index (κ1) is 15.8. The summed E-state index contributed by atoms with van der Waals surface area (Å²) in [6.07, 6.45) is 12.1. The summed E-state index contributed by atoms with van der Waals surface area (Å²) >= 11 is 0. The second kappa shape index (κ2) is 6.46. The van der Waals surface area contributed by atoms with Gasteiger partial charge >= 0.3 is 5.97 Å². The summed E-state index contributed by atoms with van der Waals surface area (Å²) in [5.74, 6) is -0.634. The molecule has 1 atom stereocenters. The van der Waals surface area contributed by atoms with Crippen LogP contribution in [-0.2, 0) is 4.79 Å². The van der Waals surface area contributed by atoms with Gasteiger partial charge < -0.3 is 10.4 Å². The van der Waals surface area contributed by atoms with Crippen LogP contribution in [0.4, 0.5) is 0 Å². The Morgan fingerprint density at radius 3 is 2.30 bits per heavy atom. The van der Waals surface area contributed by atoms with Crippen LogP contribution in [0.15, 0.2) is 0 Å². The van der Waals surface area contributed by atoms with Crippen LogP contribution in [-0.4, -0.2) is 23.7 Å². The van der Waals surface area contributed by atoms with Gasteiger partial charge in [-0.15, -0.1) is 0 Å². The van der Waals surface area contributed by atoms with E-state index in [-0.39, 0.29) is 0 Å². The van der Waals surface area contributed by atoms with Crippen molar-refractivity contribution in [1.82, 2.24) is 5.32 Å². The van der Waals surface area contributed by atoms with Crippen molar-refractivity contribution in [2.24, 2.45) is 10.8 Å². The van der Waals surface area contributed by atoms with Crippen LogP contribution >= 0.6 is 0 Å². The predicted molar refractivity (Wildman–Crippen MR) is 81.8 cm³/mol. The van der Waals surface area contributed by atoms with Gasteiger partial charge in [0.1, 0.15) is 0 Å². The first-order valence-electron chi connectivity index (χ1n) is 8.55. The fraction of sp³-hybridized carbons (Fsp3) is 0.941. The second-order valence-electron chi connectivity index (χ2n) is 7.04. The topological polar surface area (TPSA) is 49.3 Å². The molecule has 116 valence electrons. The molecule has 0 aromatic carbocycles. The highest BCUT2D eigenvalue weighted by Crippen LogP contribution is 2.49. The van der Waals surface area contributed by atoms with E-state index in [1.54, 1.807) is 0 Å². The van der Waals surface area contributed by atoms with Crippen LogP contribution < -0.4 is 5.32 Å². The SMILES string of the molecule is CCC(CC)(CNC1CCCC12CCCCC2)C(=O)O. The molecule has 0 amide bonds. The van der Waals surface area contributed by atoms with E-state index in [0.717, 1.165) is 0 Å². The highest BCUT2D eigenvalue weighted by molar-refractivity contribution is 5.74. The van der Waals surface area contributed by atoms with Crippen molar-refractivity contribution < 1.29 is 9.90 Å². The Morgan fingerprint density at radius 2 is 1.75 bits per heavy atom.